The minimum Gasteiger partial charge on any atom is -0.361 e. The molecule has 0 saturated carbocycles. The summed E-state index contributed by atoms with van der Waals surface area (Å²) in [6.07, 6.45) is 2.89. The standard InChI is InChI=1S/C22H17ClN2O5S2/c1-31(27,28)16-4-2-3-13(9-16)18-12-25-20-10-14(5-7-17(18)20)22(26)15-6-8-19(23)21(11-15)32(24,29)30/h2-12,25H,1H3,(H2,24,29,30). The first kappa shape index (κ1) is 22.2. The normalized spacial score (nSPS) is 12.2. The first-order valence-corrected chi connectivity index (χ1v) is 13.1. The second-order valence-electron chi connectivity index (χ2n) is 7.28. The number of benzene rings is 3. The zero-order chi connectivity index (χ0) is 23.3. The van der Waals surface area contributed by atoms with E-state index < -0.39 is 25.6 Å². The van der Waals surface area contributed by atoms with Crippen molar-refractivity contribution in [1.82, 2.24) is 4.98 Å². The number of primary sulfonamides is 1. The molecule has 4 rings (SSSR count). The topological polar surface area (TPSA) is 127 Å². The van der Waals surface area contributed by atoms with E-state index in [0.29, 0.717) is 16.6 Å². The third-order valence-electron chi connectivity index (χ3n) is 5.02. The number of hydrogen-bond donors (Lipinski definition) is 2. The first-order chi connectivity index (χ1) is 14.9. The van der Waals surface area contributed by atoms with E-state index in [4.69, 9.17) is 16.7 Å². The number of H-pyrrole nitrogens is 1. The first-order valence-electron chi connectivity index (χ1n) is 9.24. The Hall–Kier alpha value is -2.98. The number of halogens is 1. The monoisotopic (exact) mass is 488 g/mol. The number of carbonyl (C=O) groups is 1. The van der Waals surface area contributed by atoms with Gasteiger partial charge in [0.25, 0.3) is 0 Å². The van der Waals surface area contributed by atoms with Gasteiger partial charge in [-0.1, -0.05) is 35.9 Å². The summed E-state index contributed by atoms with van der Waals surface area (Å²) in [5, 5.41) is 5.90. The number of aromatic amines is 1. The molecular formula is C22H17ClN2O5S2. The number of sulfonamides is 1. The van der Waals surface area contributed by atoms with E-state index in [0.717, 1.165) is 23.3 Å². The van der Waals surface area contributed by atoms with Gasteiger partial charge < -0.3 is 4.98 Å². The maximum atomic E-state index is 13.0. The number of sulfone groups is 1. The second kappa shape index (κ2) is 7.86. The number of nitrogens with two attached hydrogens (primary N) is 1. The molecule has 0 unspecified atom stereocenters. The van der Waals surface area contributed by atoms with Gasteiger partial charge >= 0.3 is 0 Å². The smallest absolute Gasteiger partial charge is 0.239 e. The average molecular weight is 489 g/mol. The number of aromatic nitrogens is 1. The number of rotatable bonds is 5. The predicted molar refractivity (Wildman–Crippen MR) is 123 cm³/mol. The molecule has 0 bridgehead atoms. The van der Waals surface area contributed by atoms with E-state index in [-0.39, 0.29) is 20.4 Å². The summed E-state index contributed by atoms with van der Waals surface area (Å²) in [5.74, 6) is -0.399. The summed E-state index contributed by atoms with van der Waals surface area (Å²) in [5.41, 5.74) is 2.63. The van der Waals surface area contributed by atoms with E-state index >= 15 is 0 Å². The minimum absolute atomic E-state index is 0.0650. The maximum absolute atomic E-state index is 13.0. The van der Waals surface area contributed by atoms with Crippen molar-refractivity contribution >= 4 is 48.1 Å². The molecular weight excluding hydrogens is 472 g/mol. The van der Waals surface area contributed by atoms with E-state index in [1.807, 2.05) is 0 Å². The van der Waals surface area contributed by atoms with Crippen LogP contribution in [-0.4, -0.2) is 33.9 Å². The minimum atomic E-state index is -4.08. The van der Waals surface area contributed by atoms with Crippen molar-refractivity contribution in [2.75, 3.05) is 6.26 Å². The highest BCUT2D eigenvalue weighted by Gasteiger charge is 2.18. The molecule has 0 spiro atoms. The van der Waals surface area contributed by atoms with Gasteiger partial charge in [0.05, 0.1) is 9.92 Å². The quantitative estimate of drug-likeness (QED) is 0.413. The van der Waals surface area contributed by atoms with Crippen molar-refractivity contribution in [1.29, 1.82) is 0 Å². The fourth-order valence-corrected chi connectivity index (χ4v) is 5.17. The molecule has 0 aliphatic rings. The lowest BCUT2D eigenvalue weighted by atomic mass is 10.00. The molecule has 3 N–H and O–H groups in total. The molecule has 0 fully saturated rings. The predicted octanol–water partition coefficient (Wildman–Crippen LogP) is 3.77. The van der Waals surface area contributed by atoms with Gasteiger partial charge in [-0.3, -0.25) is 4.79 Å². The van der Waals surface area contributed by atoms with E-state index in [2.05, 4.69) is 4.98 Å². The maximum Gasteiger partial charge on any atom is 0.239 e. The molecule has 0 aliphatic carbocycles. The van der Waals surface area contributed by atoms with Gasteiger partial charge in [0, 0.05) is 40.0 Å². The van der Waals surface area contributed by atoms with E-state index in [1.54, 1.807) is 42.6 Å². The van der Waals surface area contributed by atoms with Crippen LogP contribution in [0.4, 0.5) is 0 Å². The Morgan fingerprint density at radius 2 is 1.62 bits per heavy atom. The molecule has 1 aromatic heterocycles. The van der Waals surface area contributed by atoms with Gasteiger partial charge in [0.1, 0.15) is 4.90 Å². The molecule has 1 heterocycles. The Bertz CT molecular complexity index is 1610. The number of fused-ring (bicyclic) bond motifs is 1. The molecule has 4 aromatic rings. The summed E-state index contributed by atoms with van der Waals surface area (Å²) in [6, 6.07) is 15.5. The summed E-state index contributed by atoms with van der Waals surface area (Å²) in [6.45, 7) is 0. The molecule has 0 amide bonds. The van der Waals surface area contributed by atoms with E-state index in [9.17, 15) is 21.6 Å². The lowest BCUT2D eigenvalue weighted by molar-refractivity contribution is 0.103. The third kappa shape index (κ3) is 4.20. The zero-order valence-corrected chi connectivity index (χ0v) is 19.1. The summed E-state index contributed by atoms with van der Waals surface area (Å²) < 4.78 is 47.2. The van der Waals surface area contributed by atoms with E-state index in [1.165, 1.54) is 18.2 Å². The van der Waals surface area contributed by atoms with Crippen molar-refractivity contribution in [3.63, 3.8) is 0 Å². The Labute approximate surface area is 189 Å². The van der Waals surface area contributed by atoms with Crippen molar-refractivity contribution in [2.45, 2.75) is 9.79 Å². The van der Waals surface area contributed by atoms with Crippen LogP contribution in [0, 0.1) is 0 Å². The molecule has 7 nitrogen and oxygen atoms in total. The Morgan fingerprint density at radius 1 is 0.938 bits per heavy atom. The fraction of sp³-hybridized carbons (Fsp3) is 0.0455. The molecule has 3 aromatic carbocycles. The van der Waals surface area contributed by atoms with Gasteiger partial charge in [-0.15, -0.1) is 0 Å². The van der Waals surface area contributed by atoms with Crippen LogP contribution in [0.25, 0.3) is 22.0 Å². The number of ketones is 1. The molecule has 32 heavy (non-hydrogen) atoms. The molecule has 0 radical (unpaired) electrons. The Kier molecular flexibility index (Phi) is 5.46. The molecule has 0 atom stereocenters. The SMILES string of the molecule is CS(=O)(=O)c1cccc(-c2c[nH]c3cc(C(=O)c4ccc(Cl)c(S(N)(=O)=O)c4)ccc23)c1. The average Bonchev–Trinajstić information content (AvgIpc) is 3.15. The Balaban J connectivity index is 1.75. The van der Waals surface area contributed by atoms with Crippen LogP contribution in [0.3, 0.4) is 0 Å². The van der Waals surface area contributed by atoms with Crippen LogP contribution in [0.2, 0.25) is 5.02 Å². The van der Waals surface area contributed by atoms with Crippen molar-refractivity contribution in [3.05, 3.63) is 83.0 Å². The van der Waals surface area contributed by atoms with Gasteiger partial charge in [0.15, 0.2) is 15.6 Å². The summed E-state index contributed by atoms with van der Waals surface area (Å²) >= 11 is 5.90. The fourth-order valence-electron chi connectivity index (χ4n) is 3.43. The second-order valence-corrected chi connectivity index (χ2v) is 11.2. The van der Waals surface area contributed by atoms with Gasteiger partial charge in [0.2, 0.25) is 10.0 Å². The van der Waals surface area contributed by atoms with Crippen molar-refractivity contribution < 1.29 is 21.6 Å². The van der Waals surface area contributed by atoms with Crippen molar-refractivity contribution in [2.24, 2.45) is 5.14 Å². The molecule has 10 heteroatoms. The molecule has 0 saturated heterocycles. The lowest BCUT2D eigenvalue weighted by Gasteiger charge is -2.07. The van der Waals surface area contributed by atoms with Gasteiger partial charge in [-0.25, -0.2) is 22.0 Å². The van der Waals surface area contributed by atoms with Crippen LogP contribution < -0.4 is 5.14 Å². The highest BCUT2D eigenvalue weighted by Crippen LogP contribution is 2.31. The number of nitrogens with one attached hydrogen (secondary N) is 1. The van der Waals surface area contributed by atoms with Crippen LogP contribution in [0.5, 0.6) is 0 Å². The van der Waals surface area contributed by atoms with Crippen molar-refractivity contribution in [3.8, 4) is 11.1 Å². The zero-order valence-electron chi connectivity index (χ0n) is 16.7. The van der Waals surface area contributed by atoms with Crippen LogP contribution in [0.1, 0.15) is 15.9 Å². The highest BCUT2D eigenvalue weighted by atomic mass is 35.5. The van der Waals surface area contributed by atoms with Crippen LogP contribution >= 0.6 is 11.6 Å². The van der Waals surface area contributed by atoms with Crippen LogP contribution in [0.15, 0.2) is 76.7 Å². The van der Waals surface area contributed by atoms with Gasteiger partial charge in [-0.2, -0.15) is 0 Å². The highest BCUT2D eigenvalue weighted by molar-refractivity contribution is 7.90. The largest absolute Gasteiger partial charge is 0.361 e. The third-order valence-corrected chi connectivity index (χ3v) is 7.52. The summed E-state index contributed by atoms with van der Waals surface area (Å²) in [7, 11) is -7.43. The van der Waals surface area contributed by atoms with Crippen LogP contribution in [-0.2, 0) is 19.9 Å². The molecule has 164 valence electrons. The Morgan fingerprint density at radius 3 is 2.31 bits per heavy atom. The van der Waals surface area contributed by atoms with Gasteiger partial charge in [-0.05, 0) is 42.0 Å². The summed E-state index contributed by atoms with van der Waals surface area (Å²) in [4.78, 5) is 15.9. The number of carbonyl (C=O) groups excluding carboxylic acids is 1. The molecule has 0 aliphatic heterocycles. The number of hydrogen-bond acceptors (Lipinski definition) is 5. The lowest BCUT2D eigenvalue weighted by Crippen LogP contribution is -2.14.